The van der Waals surface area contributed by atoms with E-state index >= 15 is 0 Å². The largest absolute Gasteiger partial charge is 0.314 e. The Balaban J connectivity index is 0.00000180. The molecule has 1 atom stereocenters. The molecular weight excluding hydrogens is 335 g/mol. The van der Waals surface area contributed by atoms with Gasteiger partial charge >= 0.3 is 0 Å². The van der Waals surface area contributed by atoms with Gasteiger partial charge in [-0.3, -0.25) is 4.90 Å². The summed E-state index contributed by atoms with van der Waals surface area (Å²) in [7, 11) is 0. The van der Waals surface area contributed by atoms with E-state index in [9.17, 15) is 13.2 Å². The summed E-state index contributed by atoms with van der Waals surface area (Å²) in [6.45, 7) is 2.30. The van der Waals surface area contributed by atoms with Gasteiger partial charge in [-0.1, -0.05) is 11.6 Å². The first kappa shape index (κ1) is 19.8. The fourth-order valence-corrected chi connectivity index (χ4v) is 2.42. The van der Waals surface area contributed by atoms with Crippen LogP contribution in [0, 0.1) is 5.82 Å². The van der Waals surface area contributed by atoms with Gasteiger partial charge in [0.1, 0.15) is 5.82 Å². The highest BCUT2D eigenvalue weighted by Gasteiger charge is 2.31. The average molecular weight is 352 g/mol. The molecule has 2 rings (SSSR count). The maximum atomic E-state index is 13.2. The van der Waals surface area contributed by atoms with Crippen LogP contribution in [-0.4, -0.2) is 37.5 Å². The first-order chi connectivity index (χ1) is 8.59. The van der Waals surface area contributed by atoms with Gasteiger partial charge in [0.15, 0.2) is 0 Å². The van der Waals surface area contributed by atoms with Crippen molar-refractivity contribution in [1.29, 1.82) is 0 Å². The molecule has 1 heterocycles. The number of benzene rings is 1. The van der Waals surface area contributed by atoms with Crippen molar-refractivity contribution in [3.05, 3.63) is 34.6 Å². The molecule has 8 heteroatoms. The molecule has 0 radical (unpaired) electrons. The van der Waals surface area contributed by atoms with Crippen LogP contribution < -0.4 is 5.32 Å². The fraction of sp³-hybridized carbons (Fsp3) is 0.500. The zero-order valence-electron chi connectivity index (χ0n) is 10.5. The summed E-state index contributed by atoms with van der Waals surface area (Å²) in [6, 6.07) is 2.45. The van der Waals surface area contributed by atoms with Gasteiger partial charge in [0.2, 0.25) is 0 Å². The van der Waals surface area contributed by atoms with E-state index in [0.29, 0.717) is 26.2 Å². The van der Waals surface area contributed by atoms with Crippen LogP contribution >= 0.6 is 36.4 Å². The molecule has 0 unspecified atom stereocenters. The molecule has 2 nitrogen and oxygen atoms in total. The second-order valence-corrected chi connectivity index (χ2v) is 4.64. The first-order valence-electron chi connectivity index (χ1n) is 5.77. The summed E-state index contributed by atoms with van der Waals surface area (Å²) in [4.78, 5) is 1.64. The number of nitrogens with zero attached hydrogens (tertiary/aromatic N) is 1. The summed E-state index contributed by atoms with van der Waals surface area (Å²) in [5, 5.41) is 3.27. The molecule has 1 aliphatic heterocycles. The zero-order chi connectivity index (χ0) is 13.1. The van der Waals surface area contributed by atoms with E-state index in [2.05, 4.69) is 5.32 Å². The minimum atomic E-state index is -2.60. The van der Waals surface area contributed by atoms with Crippen LogP contribution in [0.5, 0.6) is 0 Å². The van der Waals surface area contributed by atoms with E-state index in [1.165, 1.54) is 12.1 Å². The maximum absolute atomic E-state index is 13.2. The highest BCUT2D eigenvalue weighted by Crippen LogP contribution is 2.33. The molecule has 1 N–H and O–H groups in total. The Kier molecular flexibility index (Phi) is 8.86. The Hall–Kier alpha value is -0.200. The summed E-state index contributed by atoms with van der Waals surface area (Å²) >= 11 is 5.91. The number of hydrogen-bond donors (Lipinski definition) is 1. The predicted molar refractivity (Wildman–Crippen MR) is 79.1 cm³/mol. The molecule has 0 saturated carbocycles. The Morgan fingerprint density at radius 2 is 1.75 bits per heavy atom. The standard InChI is InChI=1S/C12H14ClF3N2.2ClH/c13-10-2-1-8(14)7-9(10)11(12(15)16)18-5-3-17-4-6-18;;/h1-2,7,11-12,17H,3-6H2;2*1H/t11-;;/m1../s1. The number of alkyl halides is 2. The molecule has 1 aromatic carbocycles. The van der Waals surface area contributed by atoms with Crippen molar-refractivity contribution in [2.24, 2.45) is 0 Å². The average Bonchev–Trinajstić information content (AvgIpc) is 2.35. The van der Waals surface area contributed by atoms with E-state index < -0.39 is 18.3 Å². The van der Waals surface area contributed by atoms with Crippen molar-refractivity contribution in [3.8, 4) is 0 Å². The Labute approximate surface area is 133 Å². The van der Waals surface area contributed by atoms with Crippen molar-refractivity contribution in [2.75, 3.05) is 26.2 Å². The van der Waals surface area contributed by atoms with Crippen LogP contribution in [0.4, 0.5) is 13.2 Å². The molecule has 1 aromatic rings. The van der Waals surface area contributed by atoms with Crippen molar-refractivity contribution in [3.63, 3.8) is 0 Å². The van der Waals surface area contributed by atoms with Crippen molar-refractivity contribution in [1.82, 2.24) is 10.2 Å². The van der Waals surface area contributed by atoms with Crippen LogP contribution in [0.25, 0.3) is 0 Å². The van der Waals surface area contributed by atoms with E-state index in [4.69, 9.17) is 11.6 Å². The van der Waals surface area contributed by atoms with E-state index in [1.54, 1.807) is 4.90 Å². The number of rotatable bonds is 3. The van der Waals surface area contributed by atoms with Gasteiger partial charge in [-0.05, 0) is 23.8 Å². The third kappa shape index (κ3) is 4.67. The molecule has 1 aliphatic rings. The molecule has 0 aromatic heterocycles. The summed E-state index contributed by atoms with van der Waals surface area (Å²) in [6.07, 6.45) is -2.60. The molecular formula is C12H16Cl3F3N2. The lowest BCUT2D eigenvalue weighted by molar-refractivity contribution is 0.0181. The smallest absolute Gasteiger partial charge is 0.258 e. The normalized spacial score (nSPS) is 17.2. The Bertz CT molecular complexity index is 415. The molecule has 0 amide bonds. The third-order valence-electron chi connectivity index (χ3n) is 3.06. The number of hydrogen-bond acceptors (Lipinski definition) is 2. The lowest BCUT2D eigenvalue weighted by Crippen LogP contribution is -2.47. The molecule has 116 valence electrons. The lowest BCUT2D eigenvalue weighted by atomic mass is 10.0. The maximum Gasteiger partial charge on any atom is 0.258 e. The van der Waals surface area contributed by atoms with Crippen LogP contribution in [0.3, 0.4) is 0 Å². The topological polar surface area (TPSA) is 15.3 Å². The van der Waals surface area contributed by atoms with Crippen LogP contribution in [0.15, 0.2) is 18.2 Å². The van der Waals surface area contributed by atoms with Gasteiger partial charge < -0.3 is 5.32 Å². The molecule has 0 bridgehead atoms. The van der Waals surface area contributed by atoms with Gasteiger partial charge in [-0.25, -0.2) is 13.2 Å². The number of piperazine rings is 1. The van der Waals surface area contributed by atoms with Gasteiger partial charge in [0.25, 0.3) is 6.43 Å². The monoisotopic (exact) mass is 350 g/mol. The van der Waals surface area contributed by atoms with Crippen molar-refractivity contribution < 1.29 is 13.2 Å². The fourth-order valence-electron chi connectivity index (χ4n) is 2.19. The third-order valence-corrected chi connectivity index (χ3v) is 3.40. The molecule has 0 aliphatic carbocycles. The zero-order valence-corrected chi connectivity index (χ0v) is 12.9. The quantitative estimate of drug-likeness (QED) is 0.896. The second-order valence-electron chi connectivity index (χ2n) is 4.23. The number of nitrogens with one attached hydrogen (secondary N) is 1. The van der Waals surface area contributed by atoms with E-state index in [1.807, 2.05) is 0 Å². The molecule has 0 spiro atoms. The van der Waals surface area contributed by atoms with Gasteiger partial charge in [0, 0.05) is 31.2 Å². The molecule has 20 heavy (non-hydrogen) atoms. The summed E-state index contributed by atoms with van der Waals surface area (Å²) in [5.41, 5.74) is 0.161. The summed E-state index contributed by atoms with van der Waals surface area (Å²) < 4.78 is 39.7. The van der Waals surface area contributed by atoms with E-state index in [-0.39, 0.29) is 35.4 Å². The van der Waals surface area contributed by atoms with Gasteiger partial charge in [-0.15, -0.1) is 24.8 Å². The second kappa shape index (κ2) is 8.95. The molecule has 1 saturated heterocycles. The van der Waals surface area contributed by atoms with Crippen molar-refractivity contribution >= 4 is 36.4 Å². The Morgan fingerprint density at radius 3 is 2.30 bits per heavy atom. The number of halogens is 6. The van der Waals surface area contributed by atoms with Crippen LogP contribution in [0.2, 0.25) is 5.02 Å². The van der Waals surface area contributed by atoms with Gasteiger partial charge in [0.05, 0.1) is 6.04 Å². The lowest BCUT2D eigenvalue weighted by Gasteiger charge is -2.35. The van der Waals surface area contributed by atoms with E-state index in [0.717, 1.165) is 6.07 Å². The van der Waals surface area contributed by atoms with Crippen LogP contribution in [-0.2, 0) is 0 Å². The van der Waals surface area contributed by atoms with Crippen LogP contribution in [0.1, 0.15) is 11.6 Å². The SMILES string of the molecule is Cl.Cl.Fc1ccc(Cl)c([C@H](C(F)F)N2CCNCC2)c1. The first-order valence-corrected chi connectivity index (χ1v) is 6.15. The predicted octanol–water partition coefficient (Wildman–Crippen LogP) is 3.53. The minimum Gasteiger partial charge on any atom is -0.314 e. The molecule has 1 fully saturated rings. The highest BCUT2D eigenvalue weighted by molar-refractivity contribution is 6.31. The van der Waals surface area contributed by atoms with Crippen molar-refractivity contribution in [2.45, 2.75) is 12.5 Å². The highest BCUT2D eigenvalue weighted by atomic mass is 35.5. The summed E-state index contributed by atoms with van der Waals surface area (Å²) in [5.74, 6) is -0.546. The minimum absolute atomic E-state index is 0. The van der Waals surface area contributed by atoms with Gasteiger partial charge in [-0.2, -0.15) is 0 Å². The Morgan fingerprint density at radius 1 is 1.15 bits per heavy atom.